The van der Waals surface area contributed by atoms with E-state index in [1.807, 2.05) is 44.3 Å². The standard InChI is InChI=1S/C27H30N2O5/c1-16(8-10-20-25(31)24-21(15-34-27(24)32)17(2)26(20)33-3)9-11-23(30)28-13-12-18-14-29-22-7-5-4-6-19(18)22/h4-8,14,29,31H,9-13,15H2,1-3H3,(H,28,30). The number of nitrogens with one attached hydrogen (secondary N) is 2. The van der Waals surface area contributed by atoms with Gasteiger partial charge in [-0.1, -0.05) is 29.8 Å². The Hall–Kier alpha value is -3.74. The lowest BCUT2D eigenvalue weighted by Gasteiger charge is -2.15. The third-order valence-electron chi connectivity index (χ3n) is 6.44. The smallest absolute Gasteiger partial charge is 0.342 e. The number of allylic oxidation sites excluding steroid dienone is 2. The molecule has 0 unspecified atom stereocenters. The van der Waals surface area contributed by atoms with Crippen molar-refractivity contribution in [3.8, 4) is 11.5 Å². The summed E-state index contributed by atoms with van der Waals surface area (Å²) in [5, 5.41) is 14.9. The lowest BCUT2D eigenvalue weighted by molar-refractivity contribution is -0.121. The molecule has 0 radical (unpaired) electrons. The zero-order valence-electron chi connectivity index (χ0n) is 19.8. The summed E-state index contributed by atoms with van der Waals surface area (Å²) >= 11 is 0. The fourth-order valence-electron chi connectivity index (χ4n) is 4.48. The van der Waals surface area contributed by atoms with Gasteiger partial charge in [-0.2, -0.15) is 0 Å². The summed E-state index contributed by atoms with van der Waals surface area (Å²) in [6, 6.07) is 8.13. The molecule has 0 saturated heterocycles. The zero-order chi connectivity index (χ0) is 24.2. The van der Waals surface area contributed by atoms with Gasteiger partial charge in [0.05, 0.1) is 7.11 Å². The highest BCUT2D eigenvalue weighted by Gasteiger charge is 2.31. The van der Waals surface area contributed by atoms with Gasteiger partial charge in [-0.3, -0.25) is 4.79 Å². The molecule has 178 valence electrons. The molecule has 1 aliphatic heterocycles. The molecule has 3 aromatic rings. The number of aromatic nitrogens is 1. The number of hydrogen-bond donors (Lipinski definition) is 3. The van der Waals surface area contributed by atoms with Crippen molar-refractivity contribution in [3.63, 3.8) is 0 Å². The number of methoxy groups -OCH3 is 1. The van der Waals surface area contributed by atoms with Crippen LogP contribution in [0.3, 0.4) is 0 Å². The Morgan fingerprint density at radius 1 is 1.29 bits per heavy atom. The van der Waals surface area contributed by atoms with Crippen LogP contribution >= 0.6 is 0 Å². The number of cyclic esters (lactones) is 1. The number of amides is 1. The van der Waals surface area contributed by atoms with Crippen LogP contribution in [0, 0.1) is 6.92 Å². The van der Waals surface area contributed by atoms with E-state index < -0.39 is 5.97 Å². The number of aromatic amines is 1. The Morgan fingerprint density at radius 2 is 2.09 bits per heavy atom. The van der Waals surface area contributed by atoms with Gasteiger partial charge < -0.3 is 24.9 Å². The summed E-state index contributed by atoms with van der Waals surface area (Å²) in [6.07, 6.45) is 6.10. The van der Waals surface area contributed by atoms with Gasteiger partial charge >= 0.3 is 5.97 Å². The van der Waals surface area contributed by atoms with Crippen molar-refractivity contribution in [2.24, 2.45) is 0 Å². The van der Waals surface area contributed by atoms with Crippen LogP contribution in [-0.2, 0) is 29.0 Å². The number of carbonyl (C=O) groups is 2. The molecule has 0 atom stereocenters. The Morgan fingerprint density at radius 3 is 2.88 bits per heavy atom. The fourth-order valence-corrected chi connectivity index (χ4v) is 4.48. The maximum Gasteiger partial charge on any atom is 0.342 e. The van der Waals surface area contributed by atoms with Gasteiger partial charge in [-0.05, 0) is 50.3 Å². The molecule has 1 amide bonds. The van der Waals surface area contributed by atoms with Gasteiger partial charge in [0, 0.05) is 41.2 Å². The van der Waals surface area contributed by atoms with Gasteiger partial charge in [0.2, 0.25) is 5.91 Å². The van der Waals surface area contributed by atoms with E-state index >= 15 is 0 Å². The number of rotatable bonds is 9. The molecule has 7 nitrogen and oxygen atoms in total. The molecule has 1 aromatic heterocycles. The highest BCUT2D eigenvalue weighted by molar-refractivity contribution is 5.98. The molecule has 0 aliphatic carbocycles. The van der Waals surface area contributed by atoms with Crippen molar-refractivity contribution < 1.29 is 24.2 Å². The molecule has 0 fully saturated rings. The van der Waals surface area contributed by atoms with Crippen LogP contribution in [0.5, 0.6) is 11.5 Å². The average Bonchev–Trinajstić information content (AvgIpc) is 3.43. The first-order valence-corrected chi connectivity index (χ1v) is 11.5. The average molecular weight is 463 g/mol. The Labute approximate surface area is 198 Å². The van der Waals surface area contributed by atoms with Crippen LogP contribution in [0.2, 0.25) is 0 Å². The first-order chi connectivity index (χ1) is 16.4. The predicted molar refractivity (Wildman–Crippen MR) is 130 cm³/mol. The normalized spacial score (nSPS) is 13.1. The molecule has 3 N–H and O–H groups in total. The van der Waals surface area contributed by atoms with Gasteiger partial charge in [-0.25, -0.2) is 4.79 Å². The molecule has 0 bridgehead atoms. The van der Waals surface area contributed by atoms with Crippen molar-refractivity contribution in [1.29, 1.82) is 0 Å². The summed E-state index contributed by atoms with van der Waals surface area (Å²) < 4.78 is 10.6. The number of esters is 1. The molecule has 2 aromatic carbocycles. The zero-order valence-corrected chi connectivity index (χ0v) is 19.8. The predicted octanol–water partition coefficient (Wildman–Crippen LogP) is 4.49. The van der Waals surface area contributed by atoms with Crippen molar-refractivity contribution in [2.75, 3.05) is 13.7 Å². The van der Waals surface area contributed by atoms with Crippen molar-refractivity contribution in [3.05, 3.63) is 69.9 Å². The molecule has 0 saturated carbocycles. The van der Waals surface area contributed by atoms with Crippen LogP contribution < -0.4 is 10.1 Å². The maximum atomic E-state index is 12.3. The van der Waals surface area contributed by atoms with Crippen LogP contribution in [-0.4, -0.2) is 35.6 Å². The molecule has 34 heavy (non-hydrogen) atoms. The minimum absolute atomic E-state index is 0.00383. The lowest BCUT2D eigenvalue weighted by Crippen LogP contribution is -2.25. The molecule has 4 rings (SSSR count). The second-order valence-corrected chi connectivity index (χ2v) is 8.63. The number of aromatic hydroxyl groups is 1. The third-order valence-corrected chi connectivity index (χ3v) is 6.44. The van der Waals surface area contributed by atoms with E-state index in [4.69, 9.17) is 9.47 Å². The highest BCUT2D eigenvalue weighted by atomic mass is 16.5. The van der Waals surface area contributed by atoms with Crippen molar-refractivity contribution in [1.82, 2.24) is 10.3 Å². The van der Waals surface area contributed by atoms with E-state index in [-0.39, 0.29) is 23.8 Å². The Kier molecular flexibility index (Phi) is 6.91. The van der Waals surface area contributed by atoms with Crippen molar-refractivity contribution in [2.45, 2.75) is 46.1 Å². The molecule has 0 spiro atoms. The van der Waals surface area contributed by atoms with E-state index in [2.05, 4.69) is 16.4 Å². The number of fused-ring (bicyclic) bond motifs is 2. The Bertz CT molecular complexity index is 1270. The molecular weight excluding hydrogens is 432 g/mol. The number of para-hydroxylation sites is 1. The number of hydrogen-bond acceptors (Lipinski definition) is 5. The molecule has 1 aliphatic rings. The van der Waals surface area contributed by atoms with Crippen LogP contribution in [0.1, 0.15) is 52.4 Å². The van der Waals surface area contributed by atoms with Crippen LogP contribution in [0.25, 0.3) is 10.9 Å². The first-order valence-electron chi connectivity index (χ1n) is 11.5. The summed E-state index contributed by atoms with van der Waals surface area (Å²) in [4.78, 5) is 27.6. The van der Waals surface area contributed by atoms with Crippen LogP contribution in [0.4, 0.5) is 0 Å². The third kappa shape index (κ3) is 4.64. The molecule has 2 heterocycles. The van der Waals surface area contributed by atoms with Gasteiger partial charge in [0.1, 0.15) is 23.7 Å². The number of benzene rings is 2. The number of H-pyrrole nitrogens is 1. The minimum Gasteiger partial charge on any atom is -0.507 e. The number of phenols is 1. The first kappa shape index (κ1) is 23.4. The second kappa shape index (κ2) is 10.0. The van der Waals surface area contributed by atoms with E-state index in [9.17, 15) is 14.7 Å². The summed E-state index contributed by atoms with van der Waals surface area (Å²) in [6.45, 7) is 4.55. The summed E-state index contributed by atoms with van der Waals surface area (Å²) in [5.74, 6) is -0.0266. The fraction of sp³-hybridized carbons (Fsp3) is 0.333. The molecular formula is C27H30N2O5. The van der Waals surface area contributed by atoms with E-state index in [1.165, 1.54) is 10.9 Å². The summed E-state index contributed by atoms with van der Waals surface area (Å²) in [7, 11) is 1.55. The number of phenolic OH excluding ortho intramolecular Hbond substituents is 1. The maximum absolute atomic E-state index is 12.3. The number of carbonyl (C=O) groups excluding carboxylic acids is 2. The monoisotopic (exact) mass is 462 g/mol. The van der Waals surface area contributed by atoms with Crippen LogP contribution in [0.15, 0.2) is 42.1 Å². The van der Waals surface area contributed by atoms with Gasteiger partial charge in [0.15, 0.2) is 0 Å². The minimum atomic E-state index is -0.510. The quantitative estimate of drug-likeness (QED) is 0.321. The SMILES string of the molecule is COc1c(C)c2c(c(O)c1CC=C(C)CCC(=O)NCCc1c[nH]c3ccccc13)C(=O)OC2. The van der Waals surface area contributed by atoms with E-state index in [0.717, 1.165) is 23.1 Å². The van der Waals surface area contributed by atoms with E-state index in [1.54, 1.807) is 7.11 Å². The highest BCUT2D eigenvalue weighted by Crippen LogP contribution is 2.42. The van der Waals surface area contributed by atoms with E-state index in [0.29, 0.717) is 42.7 Å². The largest absolute Gasteiger partial charge is 0.507 e. The van der Waals surface area contributed by atoms with Gasteiger partial charge in [0.25, 0.3) is 0 Å². The van der Waals surface area contributed by atoms with Crippen molar-refractivity contribution >= 4 is 22.8 Å². The topological polar surface area (TPSA) is 101 Å². The Balaban J connectivity index is 1.32. The summed E-state index contributed by atoms with van der Waals surface area (Å²) in [5.41, 5.74) is 5.57. The number of ether oxygens (including phenoxy) is 2. The lowest BCUT2D eigenvalue weighted by atomic mass is 9.94. The molecule has 7 heteroatoms. The second-order valence-electron chi connectivity index (χ2n) is 8.63. The van der Waals surface area contributed by atoms with Gasteiger partial charge in [-0.15, -0.1) is 0 Å².